The van der Waals surface area contributed by atoms with Gasteiger partial charge >= 0.3 is 0 Å². The highest BCUT2D eigenvalue weighted by molar-refractivity contribution is 7.88. The zero-order chi connectivity index (χ0) is 47.7. The third-order valence-electron chi connectivity index (χ3n) is 10.2. The second-order valence-electron chi connectivity index (χ2n) is 14.9. The fraction of sp³-hybridized carbons (Fsp3) is 0.450. The molecule has 24 heteroatoms. The van der Waals surface area contributed by atoms with Gasteiger partial charge in [-0.2, -0.15) is 4.98 Å². The number of piperidine rings is 2. The van der Waals surface area contributed by atoms with Crippen molar-refractivity contribution in [3.63, 3.8) is 0 Å². The molecule has 64 heavy (non-hydrogen) atoms. The van der Waals surface area contributed by atoms with Gasteiger partial charge in [-0.1, -0.05) is 6.92 Å². The molecule has 2 fully saturated rings. The Labute approximate surface area is 374 Å². The summed E-state index contributed by atoms with van der Waals surface area (Å²) in [4.78, 5) is 41.5. The average Bonchev–Trinajstić information content (AvgIpc) is 3.24. The van der Waals surface area contributed by atoms with E-state index in [1.165, 1.54) is 59.9 Å². The Morgan fingerprint density at radius 1 is 0.750 bits per heavy atom. The Bertz CT molecular complexity index is 2590. The topological polar surface area (TPSA) is 286 Å². The second kappa shape index (κ2) is 22.1. The van der Waals surface area contributed by atoms with E-state index in [1.54, 1.807) is 20.8 Å². The number of aryl methyl sites for hydroxylation is 2. The van der Waals surface area contributed by atoms with Crippen LogP contribution in [0.25, 0.3) is 0 Å². The third-order valence-corrected chi connectivity index (χ3v) is 14.0. The summed E-state index contributed by atoms with van der Waals surface area (Å²) in [6, 6.07) is 5.24. The van der Waals surface area contributed by atoms with Crippen molar-refractivity contribution < 1.29 is 48.9 Å². The molecule has 19 nitrogen and oxygen atoms in total. The van der Waals surface area contributed by atoms with E-state index in [0.717, 1.165) is 25.0 Å². The predicted molar refractivity (Wildman–Crippen MR) is 239 cm³/mol. The van der Waals surface area contributed by atoms with E-state index in [9.17, 15) is 39.4 Å². The molecular formula is C40H54F2N10O9S3. The van der Waals surface area contributed by atoms with Crippen LogP contribution < -0.4 is 32.0 Å². The minimum atomic E-state index is -3.20. The van der Waals surface area contributed by atoms with Gasteiger partial charge in [-0.15, -0.1) is 0 Å². The lowest BCUT2D eigenvalue weighted by molar-refractivity contribution is 0.102. The summed E-state index contributed by atoms with van der Waals surface area (Å²) in [7, 11) is -4.77. The normalized spacial score (nSPS) is 15.8. The molecule has 6 rings (SSSR count). The van der Waals surface area contributed by atoms with Crippen molar-refractivity contribution in [2.24, 2.45) is 5.73 Å². The Morgan fingerprint density at radius 3 is 1.56 bits per heavy atom. The first-order chi connectivity index (χ1) is 30.0. The molecule has 2 aromatic heterocycles. The summed E-state index contributed by atoms with van der Waals surface area (Å²) in [5.41, 5.74) is 18.2. The number of hydrogen-bond acceptors (Lipinski definition) is 17. The number of methoxy groups -OCH3 is 2. The maximum Gasteiger partial charge on any atom is 0.224 e. The number of hydrogen-bond donors (Lipinski definition) is 4. The van der Waals surface area contributed by atoms with Crippen LogP contribution in [0, 0.1) is 25.5 Å². The third kappa shape index (κ3) is 13.4. The van der Waals surface area contributed by atoms with Crippen molar-refractivity contribution in [1.29, 1.82) is 0 Å². The summed E-state index contributed by atoms with van der Waals surface area (Å²) < 4.78 is 97.8. The molecule has 4 aromatic rings. The van der Waals surface area contributed by atoms with Crippen LogP contribution in [-0.4, -0.2) is 132 Å². The molecule has 2 aliphatic rings. The standard InChI is InChI=1S/C19H24FN5O4S.C15H16FN3O3S.C6H14N2O2S/c1-11-8-16(29-2)13(9-15(11)20)17(26)14-10-22-19(24-18(14)21)23-12-4-6-25(7-5-12)30(3,27)28;1-4-23(21)15-18-7-10(14(17)19-15)13(20)9-6-11(16)8(2)5-12(9)22-3;1-11(9,10)8-4-2-6(7)3-5-8/h8-10,12H,4-7H2,1-3H3,(H3,21,22,23,24);5-7H,4H2,1-3H3,(H2,17,18,19);6H,2-5,7H2,1H3. The summed E-state index contributed by atoms with van der Waals surface area (Å²) in [6.45, 7) is 6.83. The zero-order valence-electron chi connectivity index (χ0n) is 36.6. The molecule has 2 saturated heterocycles. The van der Waals surface area contributed by atoms with Crippen LogP contribution in [0.15, 0.2) is 41.8 Å². The Kier molecular flexibility index (Phi) is 17.7. The summed E-state index contributed by atoms with van der Waals surface area (Å²) >= 11 is 0. The Morgan fingerprint density at radius 2 is 1.17 bits per heavy atom. The van der Waals surface area contributed by atoms with Crippen LogP contribution >= 0.6 is 0 Å². The van der Waals surface area contributed by atoms with E-state index in [4.69, 9.17) is 26.7 Å². The first-order valence-corrected chi connectivity index (χ1v) is 24.8. The van der Waals surface area contributed by atoms with Crippen molar-refractivity contribution in [1.82, 2.24) is 28.5 Å². The summed E-state index contributed by atoms with van der Waals surface area (Å²) in [6.07, 6.45) is 7.67. The van der Waals surface area contributed by atoms with Gasteiger partial charge in [0.25, 0.3) is 0 Å². The van der Waals surface area contributed by atoms with Crippen LogP contribution in [0.5, 0.6) is 11.5 Å². The highest BCUT2D eigenvalue weighted by Gasteiger charge is 2.27. The van der Waals surface area contributed by atoms with Gasteiger partial charge in [0, 0.05) is 56.4 Å². The number of anilines is 3. The minimum Gasteiger partial charge on any atom is -0.496 e. The van der Waals surface area contributed by atoms with E-state index in [-0.39, 0.29) is 68.6 Å². The van der Waals surface area contributed by atoms with Crippen molar-refractivity contribution in [2.75, 3.05) is 75.4 Å². The molecule has 1 unspecified atom stereocenters. The van der Waals surface area contributed by atoms with Gasteiger partial charge in [0.2, 0.25) is 42.7 Å². The SMILES string of the molecule is CCS(=O)c1ncc(C(=O)c2cc(F)c(C)cc2OC)c(N)n1.COc1cc(C)c(F)cc1C(=O)c1cnc(NC2CCN(S(C)(=O)=O)CC2)nc1N.CS(=O)(=O)N1CCC(N)CC1. The molecule has 0 spiro atoms. The number of nitrogens with two attached hydrogens (primary N) is 3. The fourth-order valence-corrected chi connectivity index (χ4v) is 8.82. The summed E-state index contributed by atoms with van der Waals surface area (Å²) in [5, 5.41) is 3.18. The number of carbonyl (C=O) groups is 2. The van der Waals surface area contributed by atoms with Gasteiger partial charge in [0.05, 0.1) is 59.8 Å². The van der Waals surface area contributed by atoms with Gasteiger partial charge in [-0.3, -0.25) is 13.8 Å². The fourth-order valence-electron chi connectivity index (χ4n) is 6.45. The second-order valence-corrected chi connectivity index (χ2v) is 20.5. The van der Waals surface area contributed by atoms with Crippen LogP contribution in [0.3, 0.4) is 0 Å². The van der Waals surface area contributed by atoms with E-state index in [2.05, 4.69) is 25.3 Å². The maximum absolute atomic E-state index is 14.0. The van der Waals surface area contributed by atoms with E-state index in [0.29, 0.717) is 55.9 Å². The number of ketones is 2. The molecule has 0 aliphatic carbocycles. The highest BCUT2D eigenvalue weighted by atomic mass is 32.2. The molecule has 0 amide bonds. The Balaban J connectivity index is 0.000000232. The van der Waals surface area contributed by atoms with Crippen molar-refractivity contribution in [3.05, 3.63) is 81.7 Å². The van der Waals surface area contributed by atoms with E-state index < -0.39 is 54.0 Å². The van der Waals surface area contributed by atoms with Gasteiger partial charge in [-0.05, 0) is 74.9 Å². The molecule has 1 atom stereocenters. The lowest BCUT2D eigenvalue weighted by atomic mass is 10.0. The van der Waals surface area contributed by atoms with Gasteiger partial charge in [0.15, 0.2) is 0 Å². The number of halogens is 2. The number of sulfonamides is 2. The molecule has 2 aromatic carbocycles. The molecule has 2 aliphatic heterocycles. The number of nitrogen functional groups attached to an aromatic ring is 2. The predicted octanol–water partition coefficient (Wildman–Crippen LogP) is 2.82. The minimum absolute atomic E-state index is 0.00315. The quantitative estimate of drug-likeness (QED) is 0.117. The van der Waals surface area contributed by atoms with Crippen molar-refractivity contribution in [3.8, 4) is 11.5 Å². The number of benzene rings is 2. The number of ether oxygens (including phenoxy) is 2. The van der Waals surface area contributed by atoms with Gasteiger partial charge < -0.3 is 32.0 Å². The molecule has 350 valence electrons. The van der Waals surface area contributed by atoms with Crippen LogP contribution in [0.2, 0.25) is 0 Å². The number of nitrogens with one attached hydrogen (secondary N) is 1. The molecule has 4 heterocycles. The highest BCUT2D eigenvalue weighted by Crippen LogP contribution is 2.28. The van der Waals surface area contributed by atoms with Gasteiger partial charge in [0.1, 0.15) is 34.8 Å². The molecule has 0 bridgehead atoms. The number of aromatic nitrogens is 4. The number of rotatable bonds is 12. The Hall–Kier alpha value is -5.27. The van der Waals surface area contributed by atoms with Crippen molar-refractivity contribution >= 4 is 60.0 Å². The molecule has 0 radical (unpaired) electrons. The average molecular weight is 953 g/mol. The lowest BCUT2D eigenvalue weighted by Gasteiger charge is -2.30. The first-order valence-electron chi connectivity index (χ1n) is 19.8. The van der Waals surface area contributed by atoms with Crippen LogP contribution in [0.1, 0.15) is 75.6 Å². The zero-order valence-corrected chi connectivity index (χ0v) is 39.0. The monoisotopic (exact) mass is 952 g/mol. The number of carbonyl (C=O) groups excluding carboxylic acids is 2. The molecule has 0 saturated carbocycles. The maximum atomic E-state index is 14.0. The summed E-state index contributed by atoms with van der Waals surface area (Å²) in [5.74, 6) is -1.28. The van der Waals surface area contributed by atoms with Gasteiger partial charge in [-0.25, -0.2) is 49.2 Å². The molecule has 7 N–H and O–H groups in total. The number of nitrogens with zero attached hydrogens (tertiary/aromatic N) is 6. The first kappa shape index (κ1) is 51.4. The smallest absolute Gasteiger partial charge is 0.224 e. The van der Waals surface area contributed by atoms with Crippen LogP contribution in [0.4, 0.5) is 26.4 Å². The van der Waals surface area contributed by atoms with Crippen LogP contribution in [-0.2, 0) is 30.8 Å². The lowest BCUT2D eigenvalue weighted by Crippen LogP contribution is -2.42. The molecular weight excluding hydrogens is 899 g/mol. The van der Waals surface area contributed by atoms with Crippen molar-refractivity contribution in [2.45, 2.75) is 63.7 Å². The largest absolute Gasteiger partial charge is 0.496 e. The van der Waals surface area contributed by atoms with E-state index in [1.807, 2.05) is 0 Å². The van der Waals surface area contributed by atoms with E-state index >= 15 is 0 Å².